The molecule has 2 fully saturated rings. The van der Waals surface area contributed by atoms with Crippen molar-refractivity contribution in [3.8, 4) is 0 Å². The van der Waals surface area contributed by atoms with E-state index in [1.54, 1.807) is 4.90 Å². The molecule has 1 aromatic rings. The molecule has 3 amide bonds. The molecule has 7 heteroatoms. The van der Waals surface area contributed by atoms with E-state index in [0.717, 1.165) is 37.1 Å². The number of piperidine rings is 1. The van der Waals surface area contributed by atoms with E-state index in [1.807, 2.05) is 12.1 Å². The number of hydrogen-bond acceptors (Lipinski definition) is 5. The van der Waals surface area contributed by atoms with Crippen molar-refractivity contribution in [3.63, 3.8) is 0 Å². The van der Waals surface area contributed by atoms with Gasteiger partial charge in [-0.15, -0.1) is 0 Å². The summed E-state index contributed by atoms with van der Waals surface area (Å²) in [5.74, 6) is -0.765. The number of carbonyl (C=O) groups excluding carboxylic acids is 3. The van der Waals surface area contributed by atoms with Crippen molar-refractivity contribution in [1.29, 1.82) is 0 Å². The SMILES string of the molecule is CC1(CN)CCCN1Cc1ccc2c(c1)CN(C1CCC(=O)NC1=O)C2=O. The minimum Gasteiger partial charge on any atom is -0.329 e. The van der Waals surface area contributed by atoms with Gasteiger partial charge < -0.3 is 10.6 Å². The molecular formula is C20H26N4O3. The second-order valence-electron chi connectivity index (χ2n) is 8.12. The van der Waals surface area contributed by atoms with Gasteiger partial charge in [0, 0.05) is 37.2 Å². The first kappa shape index (κ1) is 18.1. The van der Waals surface area contributed by atoms with Gasteiger partial charge in [-0.25, -0.2) is 0 Å². The fourth-order valence-corrected chi connectivity index (χ4v) is 4.53. The van der Waals surface area contributed by atoms with Crippen molar-refractivity contribution < 1.29 is 14.4 Å². The smallest absolute Gasteiger partial charge is 0.255 e. The summed E-state index contributed by atoms with van der Waals surface area (Å²) < 4.78 is 0. The molecule has 1 aromatic carbocycles. The first-order valence-electron chi connectivity index (χ1n) is 9.63. The lowest BCUT2D eigenvalue weighted by atomic mass is 9.98. The summed E-state index contributed by atoms with van der Waals surface area (Å²) in [5, 5.41) is 2.34. The molecule has 0 radical (unpaired) electrons. The molecule has 0 bridgehead atoms. The van der Waals surface area contributed by atoms with Crippen LogP contribution in [-0.4, -0.2) is 52.2 Å². The third-order valence-corrected chi connectivity index (χ3v) is 6.31. The highest BCUT2D eigenvalue weighted by molar-refractivity contribution is 6.05. The van der Waals surface area contributed by atoms with Gasteiger partial charge in [0.1, 0.15) is 6.04 Å². The van der Waals surface area contributed by atoms with E-state index in [9.17, 15) is 14.4 Å². The molecule has 3 heterocycles. The molecule has 3 N–H and O–H groups in total. The first-order chi connectivity index (χ1) is 12.9. The van der Waals surface area contributed by atoms with Gasteiger partial charge in [0.2, 0.25) is 11.8 Å². The standard InChI is InChI=1S/C20H26N4O3/c1-20(12-21)7-2-8-23(20)10-13-3-4-15-14(9-13)11-24(19(15)27)16-5-6-17(25)22-18(16)26/h3-4,9,16H,2,5-8,10-12,21H2,1H3,(H,22,25,26). The molecule has 2 unspecified atom stereocenters. The van der Waals surface area contributed by atoms with Gasteiger partial charge in [0.05, 0.1) is 0 Å². The minimum absolute atomic E-state index is 0.0353. The fraction of sp³-hybridized carbons (Fsp3) is 0.550. The first-order valence-corrected chi connectivity index (χ1v) is 9.63. The van der Waals surface area contributed by atoms with Crippen molar-refractivity contribution in [3.05, 3.63) is 34.9 Å². The summed E-state index contributed by atoms with van der Waals surface area (Å²) in [7, 11) is 0. The van der Waals surface area contributed by atoms with Crippen LogP contribution in [0.4, 0.5) is 0 Å². The van der Waals surface area contributed by atoms with Crippen LogP contribution in [0.2, 0.25) is 0 Å². The Labute approximate surface area is 158 Å². The van der Waals surface area contributed by atoms with Crippen LogP contribution >= 0.6 is 0 Å². The molecule has 0 saturated carbocycles. The molecular weight excluding hydrogens is 344 g/mol. The van der Waals surface area contributed by atoms with Crippen LogP contribution in [-0.2, 0) is 22.7 Å². The van der Waals surface area contributed by atoms with Gasteiger partial charge in [-0.3, -0.25) is 24.6 Å². The van der Waals surface area contributed by atoms with E-state index in [2.05, 4.69) is 23.2 Å². The minimum atomic E-state index is -0.565. The number of rotatable bonds is 4. The molecule has 7 nitrogen and oxygen atoms in total. The van der Waals surface area contributed by atoms with Gasteiger partial charge in [0.25, 0.3) is 5.91 Å². The number of nitrogens with two attached hydrogens (primary N) is 1. The van der Waals surface area contributed by atoms with Crippen LogP contribution in [0.1, 0.15) is 54.1 Å². The quantitative estimate of drug-likeness (QED) is 0.763. The average Bonchev–Trinajstić information content (AvgIpc) is 3.16. The van der Waals surface area contributed by atoms with Crippen LogP contribution in [0.25, 0.3) is 0 Å². The highest BCUT2D eigenvalue weighted by Crippen LogP contribution is 2.32. The van der Waals surface area contributed by atoms with E-state index in [-0.39, 0.29) is 29.7 Å². The Hall–Kier alpha value is -2.25. The lowest BCUT2D eigenvalue weighted by Crippen LogP contribution is -2.52. The third kappa shape index (κ3) is 3.15. The Balaban J connectivity index is 1.51. The number of nitrogens with zero attached hydrogens (tertiary/aromatic N) is 2. The van der Waals surface area contributed by atoms with Crippen LogP contribution in [0.3, 0.4) is 0 Å². The fourth-order valence-electron chi connectivity index (χ4n) is 4.53. The summed E-state index contributed by atoms with van der Waals surface area (Å²) in [5.41, 5.74) is 8.80. The molecule has 2 atom stereocenters. The normalized spacial score (nSPS) is 28.6. The van der Waals surface area contributed by atoms with Gasteiger partial charge in [-0.1, -0.05) is 12.1 Å². The van der Waals surface area contributed by atoms with Crippen molar-refractivity contribution in [2.75, 3.05) is 13.1 Å². The zero-order valence-corrected chi connectivity index (χ0v) is 15.7. The summed E-state index contributed by atoms with van der Waals surface area (Å²) in [6, 6.07) is 5.38. The highest BCUT2D eigenvalue weighted by Gasteiger charge is 2.39. The maximum absolute atomic E-state index is 12.8. The number of nitrogens with one attached hydrogen (secondary N) is 1. The lowest BCUT2D eigenvalue weighted by Gasteiger charge is -2.34. The third-order valence-electron chi connectivity index (χ3n) is 6.31. The summed E-state index contributed by atoms with van der Waals surface area (Å²) in [6.07, 6.45) is 2.92. The van der Waals surface area contributed by atoms with Gasteiger partial charge in [0.15, 0.2) is 0 Å². The van der Waals surface area contributed by atoms with E-state index < -0.39 is 6.04 Å². The summed E-state index contributed by atoms with van der Waals surface area (Å²) >= 11 is 0. The van der Waals surface area contributed by atoms with Crippen LogP contribution in [0.15, 0.2) is 18.2 Å². The summed E-state index contributed by atoms with van der Waals surface area (Å²) in [4.78, 5) is 40.3. The number of fused-ring (bicyclic) bond motifs is 1. The number of carbonyl (C=O) groups is 3. The molecule has 144 valence electrons. The van der Waals surface area contributed by atoms with Crippen molar-refractivity contribution in [2.24, 2.45) is 5.73 Å². The van der Waals surface area contributed by atoms with E-state index >= 15 is 0 Å². The second kappa shape index (κ2) is 6.73. The highest BCUT2D eigenvalue weighted by atomic mass is 16.2. The van der Waals surface area contributed by atoms with Crippen LogP contribution in [0.5, 0.6) is 0 Å². The maximum Gasteiger partial charge on any atom is 0.255 e. The van der Waals surface area contributed by atoms with Gasteiger partial charge in [-0.05, 0) is 49.9 Å². The Bertz CT molecular complexity index is 808. The number of benzene rings is 1. The second-order valence-corrected chi connectivity index (χ2v) is 8.12. The van der Waals surface area contributed by atoms with Gasteiger partial charge in [-0.2, -0.15) is 0 Å². The van der Waals surface area contributed by atoms with E-state index in [1.165, 1.54) is 0 Å². The Morgan fingerprint density at radius 1 is 1.30 bits per heavy atom. The zero-order valence-electron chi connectivity index (χ0n) is 15.7. The molecule has 0 spiro atoms. The molecule has 4 rings (SSSR count). The monoisotopic (exact) mass is 370 g/mol. The molecule has 2 saturated heterocycles. The average molecular weight is 370 g/mol. The number of amides is 3. The Morgan fingerprint density at radius 3 is 2.85 bits per heavy atom. The zero-order chi connectivity index (χ0) is 19.2. The summed E-state index contributed by atoms with van der Waals surface area (Å²) in [6.45, 7) is 5.11. The predicted molar refractivity (Wildman–Crippen MR) is 99.6 cm³/mol. The van der Waals surface area contributed by atoms with Crippen molar-refractivity contribution in [1.82, 2.24) is 15.1 Å². The largest absolute Gasteiger partial charge is 0.329 e. The number of likely N-dealkylation sites (tertiary alicyclic amines) is 1. The molecule has 27 heavy (non-hydrogen) atoms. The molecule has 3 aliphatic heterocycles. The predicted octanol–water partition coefficient (Wildman–Crippen LogP) is 0.761. The molecule has 0 aliphatic carbocycles. The number of hydrogen-bond donors (Lipinski definition) is 2. The lowest BCUT2D eigenvalue weighted by molar-refractivity contribution is -0.136. The van der Waals surface area contributed by atoms with Crippen LogP contribution in [0, 0.1) is 0 Å². The molecule has 0 aromatic heterocycles. The maximum atomic E-state index is 12.8. The molecule has 3 aliphatic rings. The van der Waals surface area contributed by atoms with E-state index in [4.69, 9.17) is 5.73 Å². The van der Waals surface area contributed by atoms with Crippen molar-refractivity contribution in [2.45, 2.75) is 57.3 Å². The van der Waals surface area contributed by atoms with Crippen LogP contribution < -0.4 is 11.1 Å². The van der Waals surface area contributed by atoms with Gasteiger partial charge >= 0.3 is 0 Å². The number of imide groups is 1. The van der Waals surface area contributed by atoms with E-state index in [0.29, 0.717) is 25.1 Å². The topological polar surface area (TPSA) is 95.7 Å². The Morgan fingerprint density at radius 2 is 2.11 bits per heavy atom. The van der Waals surface area contributed by atoms with Crippen molar-refractivity contribution >= 4 is 17.7 Å². The Kier molecular flexibility index (Phi) is 4.52.